The lowest BCUT2D eigenvalue weighted by Crippen LogP contribution is -2.37. The maximum atomic E-state index is 12.5. The topological polar surface area (TPSA) is 35.5 Å². The Balaban J connectivity index is 2.22. The van der Waals surface area contributed by atoms with Crippen LogP contribution in [0.1, 0.15) is 45.4 Å². The molecule has 0 amide bonds. The average Bonchev–Trinajstić information content (AvgIpc) is 2.32. The minimum atomic E-state index is -4.57. The van der Waals surface area contributed by atoms with Crippen LogP contribution < -0.4 is 0 Å². The Kier molecular flexibility index (Phi) is 6.62. The van der Waals surface area contributed by atoms with Crippen molar-refractivity contribution in [3.8, 4) is 0 Å². The molecule has 1 rings (SSSR count). The fraction of sp³-hybridized carbons (Fsp3) is 0.923. The Morgan fingerprint density at radius 2 is 1.89 bits per heavy atom. The van der Waals surface area contributed by atoms with Crippen molar-refractivity contribution in [3.63, 3.8) is 0 Å². The molecule has 1 aliphatic rings. The van der Waals surface area contributed by atoms with E-state index in [0.717, 1.165) is 26.2 Å². The molecule has 3 nitrogen and oxygen atoms in total. The van der Waals surface area contributed by atoms with Gasteiger partial charge in [-0.05, 0) is 12.3 Å². The van der Waals surface area contributed by atoms with Gasteiger partial charge in [-0.15, -0.1) is 0 Å². The smallest absolute Gasteiger partial charge is 0.427 e. The van der Waals surface area contributed by atoms with Crippen LogP contribution in [0.2, 0.25) is 0 Å². The fourth-order valence-corrected chi connectivity index (χ4v) is 2.31. The number of hydrogen-bond acceptors (Lipinski definition) is 3. The van der Waals surface area contributed by atoms with Crippen LogP contribution in [0.3, 0.4) is 0 Å². The molecule has 0 heterocycles. The summed E-state index contributed by atoms with van der Waals surface area (Å²) >= 11 is 0. The highest BCUT2D eigenvalue weighted by molar-refractivity contribution is 5.66. The molecule has 0 aliphatic heterocycles. The number of esters is 1. The molecule has 0 bridgehead atoms. The summed E-state index contributed by atoms with van der Waals surface area (Å²) in [5.41, 5.74) is 0. The Bertz CT molecular complexity index is 273. The molecular weight excluding hydrogens is 261 g/mol. The summed E-state index contributed by atoms with van der Waals surface area (Å²) in [7, 11) is 0. The van der Waals surface area contributed by atoms with Gasteiger partial charge in [-0.25, -0.2) is 0 Å². The molecule has 19 heavy (non-hydrogen) atoms. The standard InChI is InChI=1S/C13H21F3O3/c1-10(17)19-12(13(14,15)16)9-18-8-7-11-5-3-2-4-6-11/h11-12H,2-9H2,1H3. The molecule has 0 aromatic carbocycles. The third-order valence-corrected chi connectivity index (χ3v) is 3.34. The van der Waals surface area contributed by atoms with E-state index in [0.29, 0.717) is 12.5 Å². The van der Waals surface area contributed by atoms with Crippen molar-refractivity contribution in [1.29, 1.82) is 0 Å². The van der Waals surface area contributed by atoms with Crippen LogP contribution in [0.15, 0.2) is 0 Å². The van der Waals surface area contributed by atoms with Gasteiger partial charge in [0, 0.05) is 13.5 Å². The number of halogens is 3. The lowest BCUT2D eigenvalue weighted by Gasteiger charge is -2.23. The van der Waals surface area contributed by atoms with Gasteiger partial charge in [-0.2, -0.15) is 13.2 Å². The van der Waals surface area contributed by atoms with Gasteiger partial charge in [0.25, 0.3) is 0 Å². The van der Waals surface area contributed by atoms with Crippen LogP contribution in [0.4, 0.5) is 13.2 Å². The van der Waals surface area contributed by atoms with Gasteiger partial charge >= 0.3 is 12.1 Å². The summed E-state index contributed by atoms with van der Waals surface area (Å²) in [6, 6.07) is 0. The van der Waals surface area contributed by atoms with E-state index in [1.165, 1.54) is 19.3 Å². The van der Waals surface area contributed by atoms with E-state index in [4.69, 9.17) is 4.74 Å². The van der Waals surface area contributed by atoms with Crippen molar-refractivity contribution >= 4 is 5.97 Å². The number of carbonyl (C=O) groups is 1. The molecule has 0 aromatic rings. The fourth-order valence-electron chi connectivity index (χ4n) is 2.31. The second-order valence-electron chi connectivity index (χ2n) is 5.01. The third-order valence-electron chi connectivity index (χ3n) is 3.34. The minimum absolute atomic E-state index is 0.290. The first-order valence-corrected chi connectivity index (χ1v) is 6.71. The van der Waals surface area contributed by atoms with Gasteiger partial charge in [0.15, 0.2) is 0 Å². The number of alkyl halides is 3. The SMILES string of the molecule is CC(=O)OC(COCCC1CCCCC1)C(F)(F)F. The van der Waals surface area contributed by atoms with E-state index in [1.54, 1.807) is 0 Å². The van der Waals surface area contributed by atoms with Gasteiger partial charge in [0.05, 0.1) is 6.61 Å². The zero-order valence-electron chi connectivity index (χ0n) is 11.2. The van der Waals surface area contributed by atoms with Gasteiger partial charge < -0.3 is 9.47 Å². The summed E-state index contributed by atoms with van der Waals surface area (Å²) < 4.78 is 46.8. The highest BCUT2D eigenvalue weighted by Gasteiger charge is 2.42. The first kappa shape index (κ1) is 16.3. The predicted octanol–water partition coefficient (Wildman–Crippen LogP) is 3.47. The van der Waals surface area contributed by atoms with Crippen LogP contribution in [-0.2, 0) is 14.3 Å². The minimum Gasteiger partial charge on any atom is -0.450 e. The molecule has 0 spiro atoms. The molecule has 1 aliphatic carbocycles. The summed E-state index contributed by atoms with van der Waals surface area (Å²) in [5, 5.41) is 0. The molecule has 112 valence electrons. The quantitative estimate of drug-likeness (QED) is 0.553. The zero-order valence-corrected chi connectivity index (χ0v) is 11.2. The predicted molar refractivity (Wildman–Crippen MR) is 63.6 cm³/mol. The summed E-state index contributed by atoms with van der Waals surface area (Å²) in [6.45, 7) is 0.634. The molecule has 0 aromatic heterocycles. The Morgan fingerprint density at radius 3 is 2.42 bits per heavy atom. The van der Waals surface area contributed by atoms with Crippen molar-refractivity contribution in [2.45, 2.75) is 57.7 Å². The van der Waals surface area contributed by atoms with E-state index in [1.807, 2.05) is 0 Å². The molecule has 1 saturated carbocycles. The number of carbonyl (C=O) groups excluding carboxylic acids is 1. The monoisotopic (exact) mass is 282 g/mol. The maximum absolute atomic E-state index is 12.5. The van der Waals surface area contributed by atoms with Crippen LogP contribution in [0, 0.1) is 5.92 Å². The number of hydrogen-bond donors (Lipinski definition) is 0. The van der Waals surface area contributed by atoms with Gasteiger partial charge in [0.1, 0.15) is 0 Å². The van der Waals surface area contributed by atoms with Crippen LogP contribution in [-0.4, -0.2) is 31.5 Å². The van der Waals surface area contributed by atoms with Crippen LogP contribution in [0.25, 0.3) is 0 Å². The molecule has 0 N–H and O–H groups in total. The number of ether oxygens (including phenoxy) is 2. The normalized spacial score (nSPS) is 19.2. The first-order chi connectivity index (χ1) is 8.89. The van der Waals surface area contributed by atoms with Crippen molar-refractivity contribution < 1.29 is 27.4 Å². The largest absolute Gasteiger partial charge is 0.450 e. The second-order valence-corrected chi connectivity index (χ2v) is 5.01. The Hall–Kier alpha value is -0.780. The van der Waals surface area contributed by atoms with Crippen LogP contribution >= 0.6 is 0 Å². The molecule has 0 saturated heterocycles. The molecule has 1 unspecified atom stereocenters. The highest BCUT2D eigenvalue weighted by atomic mass is 19.4. The molecular formula is C13H21F3O3. The molecule has 6 heteroatoms. The molecule has 1 atom stereocenters. The van der Waals surface area contributed by atoms with E-state index >= 15 is 0 Å². The van der Waals surface area contributed by atoms with E-state index in [-0.39, 0.29) is 0 Å². The lowest BCUT2D eigenvalue weighted by molar-refractivity contribution is -0.231. The van der Waals surface area contributed by atoms with Gasteiger partial charge in [-0.1, -0.05) is 32.1 Å². The summed E-state index contributed by atoms with van der Waals surface area (Å²) in [5.74, 6) is -0.384. The van der Waals surface area contributed by atoms with Crippen molar-refractivity contribution in [3.05, 3.63) is 0 Å². The average molecular weight is 282 g/mol. The summed E-state index contributed by atoms with van der Waals surface area (Å²) in [4.78, 5) is 10.6. The third kappa shape index (κ3) is 6.80. The highest BCUT2D eigenvalue weighted by Crippen LogP contribution is 2.27. The molecule has 0 radical (unpaired) electrons. The Labute approximate surface area is 111 Å². The molecule has 1 fully saturated rings. The van der Waals surface area contributed by atoms with E-state index in [2.05, 4.69) is 4.74 Å². The zero-order chi connectivity index (χ0) is 14.3. The van der Waals surface area contributed by atoms with Gasteiger partial charge in [0.2, 0.25) is 6.10 Å². The maximum Gasteiger partial charge on any atom is 0.427 e. The van der Waals surface area contributed by atoms with Crippen LogP contribution in [0.5, 0.6) is 0 Å². The summed E-state index contributed by atoms with van der Waals surface area (Å²) in [6.07, 6.45) is -0.0314. The van der Waals surface area contributed by atoms with E-state index < -0.39 is 24.9 Å². The first-order valence-electron chi connectivity index (χ1n) is 6.71. The lowest BCUT2D eigenvalue weighted by atomic mass is 9.87. The van der Waals surface area contributed by atoms with E-state index in [9.17, 15) is 18.0 Å². The Morgan fingerprint density at radius 1 is 1.26 bits per heavy atom. The van der Waals surface area contributed by atoms with Crippen molar-refractivity contribution in [2.75, 3.05) is 13.2 Å². The van der Waals surface area contributed by atoms with Crippen molar-refractivity contribution in [2.24, 2.45) is 5.92 Å². The second kappa shape index (κ2) is 7.72. The van der Waals surface area contributed by atoms with Crippen molar-refractivity contribution in [1.82, 2.24) is 0 Å². The van der Waals surface area contributed by atoms with Gasteiger partial charge in [-0.3, -0.25) is 4.79 Å². The number of rotatable bonds is 6.